The zero-order valence-electron chi connectivity index (χ0n) is 19.3. The Kier molecular flexibility index (Phi) is 5.91. The lowest BCUT2D eigenvalue weighted by Crippen LogP contribution is -2.15. The number of rotatable bonds is 6. The Hall–Kier alpha value is -4.25. The van der Waals surface area contributed by atoms with E-state index in [-0.39, 0.29) is 11.9 Å². The van der Waals surface area contributed by atoms with E-state index in [2.05, 4.69) is 42.5 Å². The Morgan fingerprint density at radius 3 is 2.32 bits per heavy atom. The molecule has 0 radical (unpaired) electrons. The summed E-state index contributed by atoms with van der Waals surface area (Å²) >= 11 is 0. The number of nitrogens with zero attached hydrogens (tertiary/aromatic N) is 3. The zero-order chi connectivity index (χ0) is 23.5. The summed E-state index contributed by atoms with van der Waals surface area (Å²) in [5.41, 5.74) is 6.04. The summed E-state index contributed by atoms with van der Waals surface area (Å²) in [6, 6.07) is 30.1. The van der Waals surface area contributed by atoms with Gasteiger partial charge in [-0.25, -0.2) is 9.67 Å². The molecule has 5 aromatic rings. The van der Waals surface area contributed by atoms with Crippen LogP contribution in [-0.4, -0.2) is 20.7 Å². The highest BCUT2D eigenvalue weighted by Gasteiger charge is 2.19. The number of benzene rings is 3. The first-order valence-corrected chi connectivity index (χ1v) is 11.5. The maximum absolute atomic E-state index is 13.6. The minimum absolute atomic E-state index is 0.124. The van der Waals surface area contributed by atoms with E-state index in [0.29, 0.717) is 11.2 Å². The van der Waals surface area contributed by atoms with Crippen molar-refractivity contribution in [2.45, 2.75) is 26.3 Å². The molecule has 0 aliphatic carbocycles. The Morgan fingerprint density at radius 2 is 1.59 bits per heavy atom. The number of carbonyl (C=O) groups is 1. The molecule has 0 bridgehead atoms. The van der Waals surface area contributed by atoms with Crippen LogP contribution in [0.1, 0.15) is 41.4 Å². The zero-order valence-corrected chi connectivity index (χ0v) is 19.3. The first-order chi connectivity index (χ1) is 16.6. The number of hydrogen-bond donors (Lipinski definition) is 1. The highest BCUT2D eigenvalue weighted by molar-refractivity contribution is 6.12. The van der Waals surface area contributed by atoms with Crippen LogP contribution in [-0.2, 0) is 6.42 Å². The fraction of sp³-hybridized carbons (Fsp3) is 0.138. The van der Waals surface area contributed by atoms with Gasteiger partial charge in [0, 0.05) is 17.3 Å². The minimum atomic E-state index is -0.173. The molecule has 5 rings (SSSR count). The maximum atomic E-state index is 13.6. The van der Waals surface area contributed by atoms with Gasteiger partial charge in [0.1, 0.15) is 0 Å². The van der Waals surface area contributed by atoms with Crippen molar-refractivity contribution in [1.29, 1.82) is 0 Å². The van der Waals surface area contributed by atoms with Crippen molar-refractivity contribution in [3.05, 3.63) is 114 Å². The molecule has 5 heteroatoms. The van der Waals surface area contributed by atoms with E-state index in [0.717, 1.165) is 34.3 Å². The fourth-order valence-electron chi connectivity index (χ4n) is 4.14. The normalized spacial score (nSPS) is 11.1. The Labute approximate surface area is 199 Å². The number of pyridine rings is 1. The number of fused-ring (bicyclic) bond motifs is 1. The van der Waals surface area contributed by atoms with Gasteiger partial charge < -0.3 is 5.32 Å². The van der Waals surface area contributed by atoms with Crippen LogP contribution in [0, 0.1) is 0 Å². The molecule has 0 aliphatic rings. The van der Waals surface area contributed by atoms with Gasteiger partial charge in [-0.05, 0) is 43.5 Å². The van der Waals surface area contributed by atoms with E-state index in [4.69, 9.17) is 4.98 Å². The summed E-state index contributed by atoms with van der Waals surface area (Å²) in [4.78, 5) is 18.5. The van der Waals surface area contributed by atoms with Gasteiger partial charge in [-0.1, -0.05) is 78.9 Å². The molecular weight excluding hydrogens is 420 g/mol. The lowest BCUT2D eigenvalue weighted by molar-refractivity contribution is 0.102. The topological polar surface area (TPSA) is 59.8 Å². The average molecular weight is 447 g/mol. The third-order valence-corrected chi connectivity index (χ3v) is 5.87. The molecule has 168 valence electrons. The molecule has 2 aromatic heterocycles. The molecule has 0 fully saturated rings. The van der Waals surface area contributed by atoms with Crippen LogP contribution in [0.2, 0.25) is 0 Å². The van der Waals surface area contributed by atoms with Crippen LogP contribution in [0.4, 0.5) is 5.69 Å². The standard InChI is InChI=1S/C29H26N4O/c1-20(2)33-28-25(19-30-33)24(18-27(31-28)22-13-7-4-8-14-22)29(34)32-26-16-10-9-15-23(26)17-21-11-5-3-6-12-21/h3-16,18-20H,17H2,1-2H3,(H,32,34). The molecule has 0 aliphatic heterocycles. The van der Waals surface area contributed by atoms with Gasteiger partial charge in [0.25, 0.3) is 5.91 Å². The molecule has 0 unspecified atom stereocenters. The Morgan fingerprint density at radius 1 is 0.912 bits per heavy atom. The fourth-order valence-corrected chi connectivity index (χ4v) is 4.14. The first kappa shape index (κ1) is 21.6. The van der Waals surface area contributed by atoms with Crippen LogP contribution in [0.15, 0.2) is 97.2 Å². The predicted molar refractivity (Wildman–Crippen MR) is 137 cm³/mol. The summed E-state index contributed by atoms with van der Waals surface area (Å²) in [7, 11) is 0. The molecule has 2 heterocycles. The van der Waals surface area contributed by atoms with Crippen LogP contribution >= 0.6 is 0 Å². The number of anilines is 1. The SMILES string of the molecule is CC(C)n1ncc2c(C(=O)Nc3ccccc3Cc3ccccc3)cc(-c3ccccc3)nc21. The first-order valence-electron chi connectivity index (χ1n) is 11.5. The summed E-state index contributed by atoms with van der Waals surface area (Å²) in [6.45, 7) is 4.12. The quantitative estimate of drug-likeness (QED) is 0.323. The van der Waals surface area contributed by atoms with Crippen molar-refractivity contribution in [1.82, 2.24) is 14.8 Å². The summed E-state index contributed by atoms with van der Waals surface area (Å²) in [5.74, 6) is -0.173. The number of aromatic nitrogens is 3. The summed E-state index contributed by atoms with van der Waals surface area (Å²) in [5, 5.41) is 8.42. The highest BCUT2D eigenvalue weighted by atomic mass is 16.1. The molecular formula is C29H26N4O. The molecule has 1 N–H and O–H groups in total. The third-order valence-electron chi connectivity index (χ3n) is 5.87. The van der Waals surface area contributed by atoms with Crippen LogP contribution < -0.4 is 5.32 Å². The van der Waals surface area contributed by atoms with Crippen LogP contribution in [0.3, 0.4) is 0 Å². The lowest BCUT2D eigenvalue weighted by atomic mass is 10.0. The van der Waals surface area contributed by atoms with Crippen LogP contribution in [0.25, 0.3) is 22.3 Å². The molecule has 1 amide bonds. The number of hydrogen-bond acceptors (Lipinski definition) is 3. The Bertz CT molecular complexity index is 1440. The third kappa shape index (κ3) is 4.33. The van der Waals surface area contributed by atoms with Gasteiger partial charge in [-0.15, -0.1) is 0 Å². The monoisotopic (exact) mass is 446 g/mol. The highest BCUT2D eigenvalue weighted by Crippen LogP contribution is 2.28. The lowest BCUT2D eigenvalue weighted by Gasteiger charge is -2.13. The second-order valence-electron chi connectivity index (χ2n) is 8.61. The molecule has 0 saturated carbocycles. The van der Waals surface area contributed by atoms with Gasteiger partial charge >= 0.3 is 0 Å². The van der Waals surface area contributed by atoms with Crippen molar-refractivity contribution >= 4 is 22.6 Å². The number of amides is 1. The van der Waals surface area contributed by atoms with E-state index in [1.807, 2.05) is 77.5 Å². The molecule has 3 aromatic carbocycles. The van der Waals surface area contributed by atoms with E-state index in [1.165, 1.54) is 5.56 Å². The maximum Gasteiger partial charge on any atom is 0.256 e. The Balaban J connectivity index is 1.55. The van der Waals surface area contributed by atoms with Gasteiger partial charge in [-0.3, -0.25) is 4.79 Å². The largest absolute Gasteiger partial charge is 0.322 e. The van der Waals surface area contributed by atoms with E-state index >= 15 is 0 Å². The summed E-state index contributed by atoms with van der Waals surface area (Å²) in [6.07, 6.45) is 2.48. The van der Waals surface area contributed by atoms with Crippen molar-refractivity contribution in [3.8, 4) is 11.3 Å². The second kappa shape index (κ2) is 9.32. The molecule has 0 saturated heterocycles. The molecule has 34 heavy (non-hydrogen) atoms. The van der Waals surface area contributed by atoms with Gasteiger partial charge in [0.05, 0.1) is 22.8 Å². The average Bonchev–Trinajstić information content (AvgIpc) is 3.30. The second-order valence-corrected chi connectivity index (χ2v) is 8.61. The van der Waals surface area contributed by atoms with Gasteiger partial charge in [-0.2, -0.15) is 5.10 Å². The number of carbonyl (C=O) groups excluding carboxylic acids is 1. The molecule has 0 atom stereocenters. The minimum Gasteiger partial charge on any atom is -0.322 e. The number of nitrogens with one attached hydrogen (secondary N) is 1. The van der Waals surface area contributed by atoms with E-state index < -0.39 is 0 Å². The van der Waals surface area contributed by atoms with Gasteiger partial charge in [0.2, 0.25) is 0 Å². The summed E-state index contributed by atoms with van der Waals surface area (Å²) < 4.78 is 1.86. The van der Waals surface area contributed by atoms with Crippen LogP contribution in [0.5, 0.6) is 0 Å². The van der Waals surface area contributed by atoms with E-state index in [1.54, 1.807) is 6.20 Å². The van der Waals surface area contributed by atoms with Crippen molar-refractivity contribution in [2.75, 3.05) is 5.32 Å². The van der Waals surface area contributed by atoms with Crippen molar-refractivity contribution in [3.63, 3.8) is 0 Å². The van der Waals surface area contributed by atoms with Crippen molar-refractivity contribution < 1.29 is 4.79 Å². The van der Waals surface area contributed by atoms with Gasteiger partial charge in [0.15, 0.2) is 5.65 Å². The smallest absolute Gasteiger partial charge is 0.256 e. The van der Waals surface area contributed by atoms with Crippen molar-refractivity contribution in [2.24, 2.45) is 0 Å². The number of para-hydroxylation sites is 1. The molecule has 5 nitrogen and oxygen atoms in total. The molecule has 0 spiro atoms. The van der Waals surface area contributed by atoms with E-state index in [9.17, 15) is 4.79 Å². The predicted octanol–water partition coefficient (Wildman–Crippen LogP) is 6.52.